The van der Waals surface area contributed by atoms with Gasteiger partial charge in [0.2, 0.25) is 0 Å². The van der Waals surface area contributed by atoms with Crippen LogP contribution in [0.1, 0.15) is 17.1 Å². The second-order valence-corrected chi connectivity index (χ2v) is 6.56. The lowest BCUT2D eigenvalue weighted by atomic mass is 10.2. The number of nitrogens with two attached hydrogens (primary N) is 1. The van der Waals surface area contributed by atoms with Crippen molar-refractivity contribution in [1.82, 2.24) is 0 Å². The molecule has 0 aliphatic carbocycles. The van der Waals surface area contributed by atoms with Gasteiger partial charge in [-0.15, -0.1) is 0 Å². The van der Waals surface area contributed by atoms with Crippen LogP contribution >= 0.6 is 0 Å². The maximum absolute atomic E-state index is 13.8. The van der Waals surface area contributed by atoms with Crippen molar-refractivity contribution in [2.24, 2.45) is 5.73 Å². The third-order valence-electron chi connectivity index (χ3n) is 3.34. The zero-order valence-corrected chi connectivity index (χ0v) is 12.9. The van der Waals surface area contributed by atoms with Crippen molar-refractivity contribution in [1.29, 1.82) is 0 Å². The number of sulfonamides is 1. The summed E-state index contributed by atoms with van der Waals surface area (Å²) < 4.78 is 45.6. The smallest absolute Gasteiger partial charge is 0.267 e. The van der Waals surface area contributed by atoms with Crippen molar-refractivity contribution in [3.05, 3.63) is 47.2 Å². The largest absolute Gasteiger partial charge is 0.465 e. The fourth-order valence-electron chi connectivity index (χ4n) is 2.26. The number of halogens is 1. The molecule has 0 saturated heterocycles. The van der Waals surface area contributed by atoms with Gasteiger partial charge in [-0.05, 0) is 26.0 Å². The van der Waals surface area contributed by atoms with Gasteiger partial charge in [-0.1, -0.05) is 12.1 Å². The number of hydrogen-bond acceptors (Lipinski definition) is 4. The number of hydrogen-bond donors (Lipinski definition) is 1. The second-order valence-electron chi connectivity index (χ2n) is 4.65. The van der Waals surface area contributed by atoms with Gasteiger partial charge in [0.25, 0.3) is 10.0 Å². The van der Waals surface area contributed by atoms with Gasteiger partial charge < -0.3 is 10.2 Å². The third kappa shape index (κ3) is 2.54. The predicted octanol–water partition coefficient (Wildman–Crippen LogP) is 2.32. The van der Waals surface area contributed by atoms with E-state index in [1.165, 1.54) is 25.2 Å². The zero-order chi connectivity index (χ0) is 15.8. The Morgan fingerprint density at radius 2 is 1.86 bits per heavy atom. The Bertz CT molecular complexity index is 769. The molecule has 0 fully saturated rings. The van der Waals surface area contributed by atoms with Crippen molar-refractivity contribution >= 4 is 15.7 Å². The standard InChI is InChI=1S/C14H17FN2O3S/c1-9-11(8-16)14(10(2)20-9)21(18,19)17(3)13-7-5-4-6-12(13)15/h4-7H,8,16H2,1-3H3. The monoisotopic (exact) mass is 312 g/mol. The van der Waals surface area contributed by atoms with E-state index in [1.54, 1.807) is 19.9 Å². The Hall–Kier alpha value is -1.86. The highest BCUT2D eigenvalue weighted by Crippen LogP contribution is 2.31. The molecule has 1 aromatic heterocycles. The van der Waals surface area contributed by atoms with Crippen LogP contribution in [0, 0.1) is 19.7 Å². The highest BCUT2D eigenvalue weighted by molar-refractivity contribution is 7.92. The quantitative estimate of drug-likeness (QED) is 0.940. The summed E-state index contributed by atoms with van der Waals surface area (Å²) in [6.07, 6.45) is 0. The fraction of sp³-hybridized carbons (Fsp3) is 0.286. The molecule has 1 aromatic carbocycles. The summed E-state index contributed by atoms with van der Waals surface area (Å²) in [7, 11) is -2.65. The van der Waals surface area contributed by atoms with Gasteiger partial charge in [0.1, 0.15) is 22.2 Å². The van der Waals surface area contributed by atoms with E-state index in [1.807, 2.05) is 0 Å². The summed E-state index contributed by atoms with van der Waals surface area (Å²) in [6, 6.07) is 5.68. The normalized spacial score (nSPS) is 11.7. The number of para-hydroxylation sites is 1. The van der Waals surface area contributed by atoms with Crippen LogP contribution in [0.2, 0.25) is 0 Å². The summed E-state index contributed by atoms with van der Waals surface area (Å²) in [5.74, 6) is 0.0855. The van der Waals surface area contributed by atoms with Gasteiger partial charge in [-0.2, -0.15) is 0 Å². The minimum absolute atomic E-state index is 0.00764. The van der Waals surface area contributed by atoms with E-state index in [-0.39, 0.29) is 22.9 Å². The summed E-state index contributed by atoms with van der Waals surface area (Å²) in [5.41, 5.74) is 6.00. The molecule has 2 N–H and O–H groups in total. The number of aryl methyl sites for hydroxylation is 2. The Kier molecular flexibility index (Phi) is 4.06. The zero-order valence-electron chi connectivity index (χ0n) is 12.1. The molecule has 0 bridgehead atoms. The Labute approximate surface area is 123 Å². The molecule has 0 aliphatic rings. The molecule has 1 heterocycles. The first kappa shape index (κ1) is 15.5. The van der Waals surface area contributed by atoms with E-state index in [2.05, 4.69) is 0 Å². The topological polar surface area (TPSA) is 76.5 Å². The molecule has 0 aliphatic heterocycles. The van der Waals surface area contributed by atoms with Crippen LogP contribution in [0.4, 0.5) is 10.1 Å². The van der Waals surface area contributed by atoms with Gasteiger partial charge in [0.15, 0.2) is 0 Å². The number of furan rings is 1. The first-order valence-electron chi connectivity index (χ1n) is 6.33. The van der Waals surface area contributed by atoms with Crippen LogP contribution in [0.5, 0.6) is 0 Å². The lowest BCUT2D eigenvalue weighted by Gasteiger charge is -2.20. The van der Waals surface area contributed by atoms with E-state index < -0.39 is 15.8 Å². The lowest BCUT2D eigenvalue weighted by Crippen LogP contribution is -2.28. The predicted molar refractivity (Wildman–Crippen MR) is 78.1 cm³/mol. The summed E-state index contributed by atoms with van der Waals surface area (Å²) in [6.45, 7) is 3.23. The van der Waals surface area contributed by atoms with Crippen molar-refractivity contribution in [3.63, 3.8) is 0 Å². The fourth-order valence-corrected chi connectivity index (χ4v) is 3.88. The van der Waals surface area contributed by atoms with E-state index in [0.29, 0.717) is 11.3 Å². The molecule has 21 heavy (non-hydrogen) atoms. The molecule has 2 rings (SSSR count). The van der Waals surface area contributed by atoms with Crippen LogP contribution in [0.15, 0.2) is 33.6 Å². The van der Waals surface area contributed by atoms with E-state index in [4.69, 9.17) is 10.2 Å². The SMILES string of the molecule is Cc1oc(C)c(S(=O)(=O)N(C)c2ccccc2F)c1CN. The summed E-state index contributed by atoms with van der Waals surface area (Å²) in [4.78, 5) is 0.00764. The van der Waals surface area contributed by atoms with E-state index >= 15 is 0 Å². The molecule has 114 valence electrons. The van der Waals surface area contributed by atoms with Crippen LogP contribution in [-0.2, 0) is 16.6 Å². The van der Waals surface area contributed by atoms with Gasteiger partial charge in [0, 0.05) is 19.2 Å². The molecular formula is C14H17FN2O3S. The molecule has 0 radical (unpaired) electrons. The Morgan fingerprint density at radius 1 is 1.24 bits per heavy atom. The van der Waals surface area contributed by atoms with Crippen molar-refractivity contribution in [2.45, 2.75) is 25.3 Å². The second kappa shape index (κ2) is 5.50. The third-order valence-corrected chi connectivity index (χ3v) is 5.31. The van der Waals surface area contributed by atoms with Gasteiger partial charge in [0.05, 0.1) is 5.69 Å². The average Bonchev–Trinajstić information content (AvgIpc) is 2.73. The van der Waals surface area contributed by atoms with E-state index in [0.717, 1.165) is 4.31 Å². The number of rotatable bonds is 4. The molecule has 7 heteroatoms. The molecule has 0 saturated carbocycles. The average molecular weight is 312 g/mol. The molecule has 0 unspecified atom stereocenters. The molecule has 0 amide bonds. The van der Waals surface area contributed by atoms with Crippen LogP contribution in [-0.4, -0.2) is 15.5 Å². The maximum atomic E-state index is 13.8. The van der Waals surface area contributed by atoms with Crippen molar-refractivity contribution < 1.29 is 17.2 Å². The first-order valence-corrected chi connectivity index (χ1v) is 7.77. The number of benzene rings is 1. The maximum Gasteiger partial charge on any atom is 0.267 e. The van der Waals surface area contributed by atoms with Crippen molar-refractivity contribution in [2.75, 3.05) is 11.4 Å². The Morgan fingerprint density at radius 3 is 2.43 bits per heavy atom. The Balaban J connectivity index is 2.61. The van der Waals surface area contributed by atoms with Gasteiger partial charge >= 0.3 is 0 Å². The molecular weight excluding hydrogens is 295 g/mol. The van der Waals surface area contributed by atoms with E-state index in [9.17, 15) is 12.8 Å². The first-order chi connectivity index (χ1) is 9.80. The van der Waals surface area contributed by atoms with Gasteiger partial charge in [-0.3, -0.25) is 4.31 Å². The van der Waals surface area contributed by atoms with Crippen LogP contribution in [0.25, 0.3) is 0 Å². The summed E-state index contributed by atoms with van der Waals surface area (Å²) in [5, 5.41) is 0. The minimum atomic E-state index is -3.95. The number of nitrogens with zero attached hydrogens (tertiary/aromatic N) is 1. The van der Waals surface area contributed by atoms with Gasteiger partial charge in [-0.25, -0.2) is 12.8 Å². The molecule has 0 atom stereocenters. The highest BCUT2D eigenvalue weighted by atomic mass is 32.2. The highest BCUT2D eigenvalue weighted by Gasteiger charge is 2.31. The molecule has 2 aromatic rings. The molecule has 5 nitrogen and oxygen atoms in total. The van der Waals surface area contributed by atoms with Crippen LogP contribution in [0.3, 0.4) is 0 Å². The minimum Gasteiger partial charge on any atom is -0.465 e. The lowest BCUT2D eigenvalue weighted by molar-refractivity contribution is 0.494. The number of anilines is 1. The van der Waals surface area contributed by atoms with Crippen molar-refractivity contribution in [3.8, 4) is 0 Å². The molecule has 0 spiro atoms. The van der Waals surface area contributed by atoms with Crippen LogP contribution < -0.4 is 10.0 Å². The summed E-state index contributed by atoms with van der Waals surface area (Å²) >= 11 is 0.